The lowest BCUT2D eigenvalue weighted by molar-refractivity contribution is -0.160. The molecule has 1 fully saturated rings. The second kappa shape index (κ2) is 34.5. The van der Waals surface area contributed by atoms with Gasteiger partial charge in [0.15, 0.2) is 29.3 Å². The van der Waals surface area contributed by atoms with E-state index in [0.717, 1.165) is 73.1 Å². The standard InChI is InChI=1S/C82H82N5O13PS3/c1-57(88)28-49-73(89)100-76-75(95-7)72(99-79(76)87-56-85-74-77(83-55-84-78(74)87)86-80(58-20-12-8-13-21-58,59-22-14-9-15-23-59)60-29-39-67(90-2)40-30-60)54-98-101(102,96-50-52-103-81(61-24-16-10-17-25-61,63-31-41-68(91-3)42-32-63)64-33-43-69(92-4)44-34-64)97-51-53-104-82(62-26-18-11-19-27-62,65-35-45-70(93-5)46-36-65)66-37-47-71(94-6)48-38-66/h8-27,29-48,55-56,72,75-76,79H,28,49-54H2,1-7H3,(H,83,84,86)/t72-,75-,76-,79-/m1/s1. The number of thioether (sulfide) groups is 2. The molecule has 1 N–H and O–H groups in total. The van der Waals surface area contributed by atoms with Gasteiger partial charge in [0.1, 0.15) is 58.6 Å². The predicted octanol–water partition coefficient (Wildman–Crippen LogP) is 16.2. The number of rotatable bonds is 35. The van der Waals surface area contributed by atoms with Gasteiger partial charge < -0.3 is 61.6 Å². The first-order valence-corrected chi connectivity index (χ1v) is 38.4. The summed E-state index contributed by atoms with van der Waals surface area (Å²) in [5.41, 5.74) is 8.47. The first kappa shape index (κ1) is 74.3. The Bertz CT molecular complexity index is 4340. The molecule has 4 atom stereocenters. The highest BCUT2D eigenvalue weighted by molar-refractivity contribution is 8.07. The second-order valence-electron chi connectivity index (χ2n) is 24.4. The van der Waals surface area contributed by atoms with Crippen LogP contribution in [0, 0.1) is 0 Å². The molecule has 0 amide bonds. The molecule has 0 unspecified atom stereocenters. The molecule has 0 radical (unpaired) electrons. The summed E-state index contributed by atoms with van der Waals surface area (Å²) in [6, 6.07) is 81.2. The quantitative estimate of drug-likeness (QED) is 0.0171. The second-order valence-corrected chi connectivity index (χ2v) is 30.0. The normalized spacial score (nSPS) is 15.5. The molecule has 1 aliphatic heterocycles. The van der Waals surface area contributed by atoms with Crippen LogP contribution in [-0.2, 0) is 64.2 Å². The first-order valence-electron chi connectivity index (χ1n) is 33.9. The van der Waals surface area contributed by atoms with Crippen LogP contribution >= 0.6 is 30.2 Å². The zero-order chi connectivity index (χ0) is 72.5. The summed E-state index contributed by atoms with van der Waals surface area (Å²) in [5.74, 6) is 3.93. The smallest absolute Gasteiger partial charge is 0.327 e. The third kappa shape index (κ3) is 16.1. The van der Waals surface area contributed by atoms with Gasteiger partial charge in [-0.2, -0.15) is 0 Å². The Morgan fingerprint density at radius 3 is 1.24 bits per heavy atom. The van der Waals surface area contributed by atoms with E-state index in [2.05, 4.69) is 102 Å². The van der Waals surface area contributed by atoms with Crippen LogP contribution in [0.25, 0.3) is 11.2 Å². The summed E-state index contributed by atoms with van der Waals surface area (Å²) in [7, 11) is 9.76. The number of Topliss-reactive ketones (excluding diaryl/α,β-unsaturated/α-hetero) is 1. The van der Waals surface area contributed by atoms with Crippen molar-refractivity contribution in [3.8, 4) is 28.7 Å². The molecule has 3 heterocycles. The highest BCUT2D eigenvalue weighted by Crippen LogP contribution is 2.55. The molecule has 22 heteroatoms. The SMILES string of the molecule is COc1ccc(C(Nc2ncnc3c2ncn3[C@@H]2O[C@H](COP(=S)(OCCSC(c3ccccc3)(c3ccc(OC)cc3)c3ccc(OC)cc3)OCCSC(c3ccccc3)(c3ccc(OC)cc3)c3ccc(OC)cc3)[C@@H](OC)[C@H]2OC(=O)CCC(C)=O)(c2ccccc2)c2ccccc2)cc1. The number of ketones is 1. The van der Waals surface area contributed by atoms with Gasteiger partial charge in [-0.05, 0) is 129 Å². The number of aromatic nitrogens is 4. The van der Waals surface area contributed by atoms with Crippen molar-refractivity contribution in [3.05, 3.63) is 305 Å². The van der Waals surface area contributed by atoms with Crippen molar-refractivity contribution < 1.29 is 61.1 Å². The number of nitrogens with zero attached hydrogens (tertiary/aromatic N) is 4. The fraction of sp³-hybridized carbons (Fsp3) is 0.256. The molecular weight excluding hydrogens is 1390 g/mol. The fourth-order valence-electron chi connectivity index (χ4n) is 13.3. The van der Waals surface area contributed by atoms with Gasteiger partial charge in [0.2, 0.25) is 0 Å². The van der Waals surface area contributed by atoms with Crippen LogP contribution in [0.2, 0.25) is 0 Å². The van der Waals surface area contributed by atoms with Crippen LogP contribution in [0.5, 0.6) is 28.7 Å². The van der Waals surface area contributed by atoms with Crippen LogP contribution < -0.4 is 29.0 Å². The van der Waals surface area contributed by atoms with Crippen molar-refractivity contribution in [3.63, 3.8) is 0 Å². The minimum Gasteiger partial charge on any atom is -0.497 e. The Balaban J connectivity index is 0.895. The number of fused-ring (bicyclic) bond motifs is 1. The summed E-state index contributed by atoms with van der Waals surface area (Å²) in [4.78, 5) is 41.1. The minimum absolute atomic E-state index is 0.0379. The topological polar surface area (TPSA) is 191 Å². The largest absolute Gasteiger partial charge is 0.497 e. The van der Waals surface area contributed by atoms with Gasteiger partial charge in [-0.1, -0.05) is 182 Å². The lowest BCUT2D eigenvalue weighted by Gasteiger charge is -2.37. The third-order valence-corrected chi connectivity index (χ3v) is 23.9. The molecule has 2 aromatic heterocycles. The third-order valence-electron chi connectivity index (χ3n) is 18.4. The number of hydrogen-bond donors (Lipinski definition) is 1. The Kier molecular flexibility index (Phi) is 24.6. The molecule has 0 spiro atoms. The number of carbonyl (C=O) groups is 2. The van der Waals surface area contributed by atoms with E-state index in [9.17, 15) is 9.59 Å². The Morgan fingerprint density at radius 1 is 0.481 bits per heavy atom. The van der Waals surface area contributed by atoms with E-state index in [4.69, 9.17) is 78.2 Å². The highest BCUT2D eigenvalue weighted by atomic mass is 32.5. The van der Waals surface area contributed by atoms with Gasteiger partial charge in [-0.25, -0.2) is 15.0 Å². The number of benzene rings is 9. The van der Waals surface area contributed by atoms with Crippen molar-refractivity contribution in [2.24, 2.45) is 0 Å². The number of nitrogens with one attached hydrogen (secondary N) is 1. The monoisotopic (exact) mass is 1470 g/mol. The molecule has 0 saturated carbocycles. The van der Waals surface area contributed by atoms with Crippen molar-refractivity contribution in [2.45, 2.75) is 59.3 Å². The van der Waals surface area contributed by atoms with Crippen molar-refractivity contribution in [1.29, 1.82) is 0 Å². The van der Waals surface area contributed by atoms with Gasteiger partial charge in [-0.15, -0.1) is 23.5 Å². The van der Waals surface area contributed by atoms with Gasteiger partial charge in [0, 0.05) is 25.0 Å². The van der Waals surface area contributed by atoms with E-state index in [1.807, 2.05) is 146 Å². The molecule has 1 saturated heterocycles. The Hall–Kier alpha value is -9.38. The lowest BCUT2D eigenvalue weighted by atomic mass is 9.77. The average Bonchev–Trinajstić information content (AvgIpc) is 1.12. The summed E-state index contributed by atoms with van der Waals surface area (Å²) < 4.78 is 69.1. The van der Waals surface area contributed by atoms with E-state index in [-0.39, 0.29) is 38.4 Å². The Labute approximate surface area is 620 Å². The highest BCUT2D eigenvalue weighted by Gasteiger charge is 2.50. The summed E-state index contributed by atoms with van der Waals surface area (Å²) >= 11 is 9.96. The molecule has 11 aromatic rings. The number of methoxy groups -OCH3 is 6. The minimum atomic E-state index is -3.84. The van der Waals surface area contributed by atoms with Gasteiger partial charge in [0.05, 0.1) is 77.6 Å². The van der Waals surface area contributed by atoms with Crippen molar-refractivity contribution >= 4 is 70.8 Å². The Morgan fingerprint density at radius 2 is 0.856 bits per heavy atom. The molecule has 12 rings (SSSR count). The van der Waals surface area contributed by atoms with Gasteiger partial charge >= 0.3 is 12.7 Å². The molecule has 536 valence electrons. The van der Waals surface area contributed by atoms with Crippen molar-refractivity contribution in [1.82, 2.24) is 19.5 Å². The number of carbonyl (C=O) groups excluding carboxylic acids is 2. The maximum atomic E-state index is 14.1. The maximum Gasteiger partial charge on any atom is 0.327 e. The summed E-state index contributed by atoms with van der Waals surface area (Å²) in [5, 5.41) is 3.86. The molecule has 1 aliphatic rings. The number of esters is 1. The average molecular weight is 1470 g/mol. The number of imidazole rings is 1. The van der Waals surface area contributed by atoms with E-state index >= 15 is 0 Å². The van der Waals surface area contributed by atoms with Crippen LogP contribution in [0.3, 0.4) is 0 Å². The van der Waals surface area contributed by atoms with Crippen LogP contribution in [0.15, 0.2) is 255 Å². The predicted molar refractivity (Wildman–Crippen MR) is 411 cm³/mol. The van der Waals surface area contributed by atoms with E-state index in [1.54, 1.807) is 70.0 Å². The molecule has 0 aliphatic carbocycles. The zero-order valence-electron chi connectivity index (χ0n) is 58.8. The van der Waals surface area contributed by atoms with Gasteiger partial charge in [0.25, 0.3) is 0 Å². The number of ether oxygens (including phenoxy) is 8. The van der Waals surface area contributed by atoms with Gasteiger partial charge in [-0.3, -0.25) is 9.36 Å². The maximum absolute atomic E-state index is 14.1. The fourth-order valence-corrected chi connectivity index (χ4v) is 18.1. The van der Waals surface area contributed by atoms with E-state index in [0.29, 0.717) is 34.2 Å². The summed E-state index contributed by atoms with van der Waals surface area (Å²) in [6.45, 7) is -2.51. The van der Waals surface area contributed by atoms with E-state index < -0.39 is 52.3 Å². The number of hydrogen-bond acceptors (Lipinski definition) is 20. The molecule has 104 heavy (non-hydrogen) atoms. The molecular formula is C82H82N5O13PS3. The number of anilines is 1. The first-order chi connectivity index (χ1) is 50.8. The molecule has 0 bridgehead atoms. The van der Waals surface area contributed by atoms with Crippen molar-refractivity contribution in [2.75, 3.05) is 79.3 Å². The van der Waals surface area contributed by atoms with E-state index in [1.165, 1.54) is 20.4 Å². The van der Waals surface area contributed by atoms with Crippen LogP contribution in [-0.4, -0.2) is 124 Å². The van der Waals surface area contributed by atoms with Crippen LogP contribution in [0.4, 0.5) is 5.82 Å². The summed E-state index contributed by atoms with van der Waals surface area (Å²) in [6.07, 6.45) is -1.46. The van der Waals surface area contributed by atoms with Crippen LogP contribution in [0.1, 0.15) is 76.1 Å². The molecule has 18 nitrogen and oxygen atoms in total. The zero-order valence-corrected chi connectivity index (χ0v) is 62.1. The molecule has 9 aromatic carbocycles. The lowest BCUT2D eigenvalue weighted by Crippen LogP contribution is -2.39.